The molecule has 0 spiro atoms. The molecule has 0 aliphatic carbocycles. The minimum Gasteiger partial charge on any atom is -0.325 e. The molecule has 0 aliphatic rings. The van der Waals surface area contributed by atoms with Crippen LogP contribution in [0.15, 0.2) is 4.60 Å². The molecule has 0 fully saturated rings. The number of hydrogen-bond donors (Lipinski definition) is 1. The maximum absolute atomic E-state index is 6.04. The Kier molecular flexibility index (Phi) is 3.09. The molecule has 0 bridgehead atoms. The Morgan fingerprint density at radius 3 is 2.50 bits per heavy atom. The molecular weight excluding hydrogens is 239 g/mol. The van der Waals surface area contributed by atoms with Crippen LogP contribution in [0, 0.1) is 13.8 Å². The fourth-order valence-corrected chi connectivity index (χ4v) is 1.71. The van der Waals surface area contributed by atoms with Crippen molar-refractivity contribution in [3.8, 4) is 0 Å². The summed E-state index contributed by atoms with van der Waals surface area (Å²) < 4.78 is 0.776. The zero-order valence-corrected chi connectivity index (χ0v) is 9.33. The summed E-state index contributed by atoms with van der Waals surface area (Å²) in [4.78, 5) is 4.26. The summed E-state index contributed by atoms with van der Waals surface area (Å²) in [5.74, 6) is 0. The molecule has 2 N–H and O–H groups in total. The number of nitrogens with zero attached hydrogens (tertiary/aromatic N) is 1. The minimum atomic E-state index is 0.421. The summed E-state index contributed by atoms with van der Waals surface area (Å²) in [7, 11) is 0. The Morgan fingerprint density at radius 1 is 1.42 bits per heavy atom. The van der Waals surface area contributed by atoms with E-state index in [0.717, 1.165) is 26.4 Å². The predicted octanol–water partition coefficient (Wildman–Crippen LogP) is 2.57. The van der Waals surface area contributed by atoms with Gasteiger partial charge in [-0.15, -0.1) is 0 Å². The highest BCUT2D eigenvalue weighted by Crippen LogP contribution is 2.27. The zero-order valence-electron chi connectivity index (χ0n) is 6.99. The van der Waals surface area contributed by atoms with E-state index in [1.54, 1.807) is 0 Å². The number of rotatable bonds is 1. The van der Waals surface area contributed by atoms with E-state index < -0.39 is 0 Å². The molecular formula is C8H10BrClN2. The van der Waals surface area contributed by atoms with E-state index in [1.807, 2.05) is 13.8 Å². The van der Waals surface area contributed by atoms with E-state index in [9.17, 15) is 0 Å². The van der Waals surface area contributed by atoms with Crippen LogP contribution in [0.1, 0.15) is 16.8 Å². The van der Waals surface area contributed by atoms with Crippen molar-refractivity contribution >= 4 is 27.5 Å². The highest BCUT2D eigenvalue weighted by molar-refractivity contribution is 9.10. The second-order valence-corrected chi connectivity index (χ2v) is 3.75. The lowest BCUT2D eigenvalue weighted by Gasteiger charge is -2.08. The van der Waals surface area contributed by atoms with Gasteiger partial charge in [-0.1, -0.05) is 11.6 Å². The molecule has 2 nitrogen and oxygen atoms in total. The first-order chi connectivity index (χ1) is 5.57. The summed E-state index contributed by atoms with van der Waals surface area (Å²) in [6.07, 6.45) is 0. The van der Waals surface area contributed by atoms with Gasteiger partial charge in [0.05, 0.1) is 10.7 Å². The first kappa shape index (κ1) is 9.96. The highest BCUT2D eigenvalue weighted by atomic mass is 79.9. The summed E-state index contributed by atoms with van der Waals surface area (Å²) in [5.41, 5.74) is 8.28. The largest absolute Gasteiger partial charge is 0.325 e. The average molecular weight is 250 g/mol. The van der Waals surface area contributed by atoms with Crippen LogP contribution in [0.5, 0.6) is 0 Å². The molecule has 1 aromatic heterocycles. The number of aromatic nitrogens is 1. The topological polar surface area (TPSA) is 38.9 Å². The van der Waals surface area contributed by atoms with Gasteiger partial charge in [0, 0.05) is 12.1 Å². The third-order valence-corrected chi connectivity index (χ3v) is 3.17. The van der Waals surface area contributed by atoms with Crippen molar-refractivity contribution in [1.82, 2.24) is 4.98 Å². The molecule has 0 aromatic carbocycles. The van der Waals surface area contributed by atoms with Crippen LogP contribution in [0.4, 0.5) is 0 Å². The molecule has 1 aromatic rings. The van der Waals surface area contributed by atoms with E-state index in [1.165, 1.54) is 0 Å². The first-order valence-corrected chi connectivity index (χ1v) is 4.76. The third kappa shape index (κ3) is 1.63. The maximum atomic E-state index is 6.04. The lowest BCUT2D eigenvalue weighted by atomic mass is 10.1. The Balaban J connectivity index is 3.39. The van der Waals surface area contributed by atoms with Gasteiger partial charge < -0.3 is 5.73 Å². The number of halogens is 2. The van der Waals surface area contributed by atoms with Crippen LogP contribution >= 0.6 is 27.5 Å². The van der Waals surface area contributed by atoms with Crippen molar-refractivity contribution in [1.29, 1.82) is 0 Å². The van der Waals surface area contributed by atoms with Crippen molar-refractivity contribution in [3.63, 3.8) is 0 Å². The normalized spacial score (nSPS) is 10.4. The summed E-state index contributed by atoms with van der Waals surface area (Å²) in [5, 5.41) is 0.748. The average Bonchev–Trinajstić information content (AvgIpc) is 2.08. The molecule has 0 radical (unpaired) electrons. The molecule has 0 saturated carbocycles. The van der Waals surface area contributed by atoms with E-state index >= 15 is 0 Å². The Labute approximate surface area is 85.3 Å². The van der Waals surface area contributed by atoms with Gasteiger partial charge in [0.15, 0.2) is 0 Å². The molecule has 0 amide bonds. The quantitative estimate of drug-likeness (QED) is 0.777. The van der Waals surface area contributed by atoms with Crippen molar-refractivity contribution in [3.05, 3.63) is 26.4 Å². The Hall–Kier alpha value is -0.120. The molecule has 4 heteroatoms. The van der Waals surface area contributed by atoms with E-state index in [2.05, 4.69) is 20.9 Å². The summed E-state index contributed by atoms with van der Waals surface area (Å²) in [6, 6.07) is 0. The van der Waals surface area contributed by atoms with Crippen LogP contribution in [-0.2, 0) is 6.54 Å². The van der Waals surface area contributed by atoms with Gasteiger partial charge in [-0.25, -0.2) is 4.98 Å². The number of hydrogen-bond acceptors (Lipinski definition) is 2. The molecule has 0 unspecified atom stereocenters. The van der Waals surface area contributed by atoms with E-state index in [0.29, 0.717) is 6.54 Å². The van der Waals surface area contributed by atoms with Crippen LogP contribution in [0.25, 0.3) is 0 Å². The second-order valence-electron chi connectivity index (χ2n) is 2.62. The second kappa shape index (κ2) is 3.73. The third-order valence-electron chi connectivity index (χ3n) is 1.83. The van der Waals surface area contributed by atoms with E-state index in [-0.39, 0.29) is 0 Å². The van der Waals surface area contributed by atoms with Gasteiger partial charge in [-0.3, -0.25) is 0 Å². The molecule has 0 atom stereocenters. The molecule has 0 saturated heterocycles. The van der Waals surface area contributed by atoms with Gasteiger partial charge in [-0.2, -0.15) is 0 Å². The van der Waals surface area contributed by atoms with Gasteiger partial charge in [-0.05, 0) is 35.3 Å². The fourth-order valence-electron chi connectivity index (χ4n) is 0.983. The SMILES string of the molecule is Cc1c(Br)nc(CN)c(C)c1Cl. The molecule has 1 heterocycles. The zero-order chi connectivity index (χ0) is 9.30. The van der Waals surface area contributed by atoms with Crippen LogP contribution in [0.3, 0.4) is 0 Å². The predicted molar refractivity (Wildman–Crippen MR) is 54.3 cm³/mol. The monoisotopic (exact) mass is 248 g/mol. The van der Waals surface area contributed by atoms with Gasteiger partial charge >= 0.3 is 0 Å². The summed E-state index contributed by atoms with van der Waals surface area (Å²) >= 11 is 9.36. The highest BCUT2D eigenvalue weighted by Gasteiger charge is 2.09. The first-order valence-electron chi connectivity index (χ1n) is 3.59. The Morgan fingerprint density at radius 2 is 2.00 bits per heavy atom. The Bertz CT molecular complexity index is 312. The summed E-state index contributed by atoms with van der Waals surface area (Å²) in [6.45, 7) is 4.27. The van der Waals surface area contributed by atoms with Crippen molar-refractivity contribution in [2.45, 2.75) is 20.4 Å². The van der Waals surface area contributed by atoms with Crippen molar-refractivity contribution < 1.29 is 0 Å². The molecule has 0 aliphatic heterocycles. The fraction of sp³-hybridized carbons (Fsp3) is 0.375. The lowest BCUT2D eigenvalue weighted by molar-refractivity contribution is 0.950. The van der Waals surface area contributed by atoms with Crippen molar-refractivity contribution in [2.24, 2.45) is 5.73 Å². The maximum Gasteiger partial charge on any atom is 0.110 e. The smallest absolute Gasteiger partial charge is 0.110 e. The number of pyridine rings is 1. The standard InChI is InChI=1S/C8H10BrClN2/c1-4-6(3-11)12-8(9)5(2)7(4)10/h3,11H2,1-2H3. The van der Waals surface area contributed by atoms with Crippen LogP contribution in [-0.4, -0.2) is 4.98 Å². The molecule has 66 valence electrons. The number of nitrogens with two attached hydrogens (primary N) is 1. The van der Waals surface area contributed by atoms with Gasteiger partial charge in [0.1, 0.15) is 4.60 Å². The van der Waals surface area contributed by atoms with E-state index in [4.69, 9.17) is 17.3 Å². The minimum absolute atomic E-state index is 0.421. The van der Waals surface area contributed by atoms with Crippen molar-refractivity contribution in [2.75, 3.05) is 0 Å². The van der Waals surface area contributed by atoms with Gasteiger partial charge in [0.25, 0.3) is 0 Å². The molecule has 12 heavy (non-hydrogen) atoms. The van der Waals surface area contributed by atoms with Gasteiger partial charge in [0.2, 0.25) is 0 Å². The lowest BCUT2D eigenvalue weighted by Crippen LogP contribution is -2.04. The van der Waals surface area contributed by atoms with Crippen LogP contribution in [0.2, 0.25) is 5.02 Å². The van der Waals surface area contributed by atoms with Crippen LogP contribution < -0.4 is 5.73 Å². The molecule has 1 rings (SSSR count).